The monoisotopic (exact) mass is 202 g/mol. The maximum absolute atomic E-state index is 4.50. The Bertz CT molecular complexity index is 484. The van der Waals surface area contributed by atoms with Gasteiger partial charge < -0.3 is 10.3 Å². The first-order chi connectivity index (χ1) is 7.31. The molecule has 1 aliphatic heterocycles. The van der Waals surface area contributed by atoms with E-state index in [0.717, 1.165) is 48.1 Å². The largest absolute Gasteiger partial charge is 0.341 e. The lowest BCUT2D eigenvalue weighted by molar-refractivity contribution is 0.342. The van der Waals surface area contributed by atoms with Gasteiger partial charge in [-0.2, -0.15) is 0 Å². The van der Waals surface area contributed by atoms with Gasteiger partial charge in [-0.3, -0.25) is 0 Å². The Morgan fingerprint density at radius 1 is 1.33 bits per heavy atom. The van der Waals surface area contributed by atoms with Crippen molar-refractivity contribution >= 4 is 11.2 Å². The molecule has 3 heterocycles. The molecule has 0 spiro atoms. The first-order valence-corrected chi connectivity index (χ1v) is 5.34. The number of aryl methyl sites for hydroxylation is 1. The number of aromatic nitrogens is 3. The van der Waals surface area contributed by atoms with Crippen molar-refractivity contribution in [1.29, 1.82) is 0 Å². The van der Waals surface area contributed by atoms with Gasteiger partial charge in [0.25, 0.3) is 0 Å². The number of H-pyrrole nitrogens is 1. The number of rotatable bonds is 2. The van der Waals surface area contributed by atoms with Gasteiger partial charge in [0.1, 0.15) is 5.82 Å². The Labute approximate surface area is 88.1 Å². The van der Waals surface area contributed by atoms with Crippen LogP contribution in [0.5, 0.6) is 0 Å². The zero-order valence-electron chi connectivity index (χ0n) is 8.75. The molecular weight excluding hydrogens is 188 g/mol. The number of hydrogen-bond donors (Lipinski definition) is 2. The zero-order valence-corrected chi connectivity index (χ0v) is 8.75. The van der Waals surface area contributed by atoms with Crippen molar-refractivity contribution in [2.75, 3.05) is 13.1 Å². The highest BCUT2D eigenvalue weighted by Gasteiger charge is 2.18. The lowest BCUT2D eigenvalue weighted by Gasteiger charge is -2.25. The predicted molar refractivity (Wildman–Crippen MR) is 58.7 cm³/mol. The number of pyridine rings is 1. The highest BCUT2D eigenvalue weighted by atomic mass is 15.0. The van der Waals surface area contributed by atoms with Crippen molar-refractivity contribution in [3.8, 4) is 0 Å². The maximum atomic E-state index is 4.50. The molecule has 0 amide bonds. The highest BCUT2D eigenvalue weighted by molar-refractivity contribution is 5.70. The average molecular weight is 202 g/mol. The van der Waals surface area contributed by atoms with E-state index in [9.17, 15) is 0 Å². The van der Waals surface area contributed by atoms with Crippen molar-refractivity contribution in [2.24, 2.45) is 5.92 Å². The minimum atomic E-state index is 0.742. The molecule has 4 heteroatoms. The van der Waals surface area contributed by atoms with Gasteiger partial charge in [-0.15, -0.1) is 0 Å². The molecule has 0 aliphatic carbocycles. The second kappa shape index (κ2) is 3.31. The van der Waals surface area contributed by atoms with Crippen molar-refractivity contribution < 1.29 is 0 Å². The molecule has 0 bridgehead atoms. The van der Waals surface area contributed by atoms with Crippen LogP contribution in [0.15, 0.2) is 12.1 Å². The second-order valence-electron chi connectivity index (χ2n) is 4.24. The van der Waals surface area contributed by atoms with E-state index in [1.54, 1.807) is 0 Å². The summed E-state index contributed by atoms with van der Waals surface area (Å²) >= 11 is 0. The van der Waals surface area contributed by atoms with Crippen LogP contribution in [0.4, 0.5) is 0 Å². The van der Waals surface area contributed by atoms with E-state index in [0.29, 0.717) is 0 Å². The molecule has 78 valence electrons. The standard InChI is InChI=1S/C11H14N4/c1-7-2-3-9-11(13-7)15-10(14-9)4-8-5-12-6-8/h2-3,8,12H,4-6H2,1H3,(H,13,14,15). The Morgan fingerprint density at radius 2 is 2.20 bits per heavy atom. The summed E-state index contributed by atoms with van der Waals surface area (Å²) in [6.45, 7) is 4.22. The van der Waals surface area contributed by atoms with Crippen LogP contribution in [0.25, 0.3) is 11.2 Å². The molecule has 4 nitrogen and oxygen atoms in total. The van der Waals surface area contributed by atoms with E-state index in [-0.39, 0.29) is 0 Å². The molecule has 1 aliphatic rings. The molecule has 0 radical (unpaired) electrons. The minimum absolute atomic E-state index is 0.742. The van der Waals surface area contributed by atoms with Crippen molar-refractivity contribution in [2.45, 2.75) is 13.3 Å². The van der Waals surface area contributed by atoms with Gasteiger partial charge in [-0.1, -0.05) is 0 Å². The lowest BCUT2D eigenvalue weighted by Crippen LogP contribution is -2.43. The molecule has 0 saturated carbocycles. The molecule has 0 atom stereocenters. The smallest absolute Gasteiger partial charge is 0.177 e. The second-order valence-corrected chi connectivity index (χ2v) is 4.24. The number of nitrogens with zero attached hydrogens (tertiary/aromatic N) is 2. The third kappa shape index (κ3) is 1.61. The quantitative estimate of drug-likeness (QED) is 0.764. The SMILES string of the molecule is Cc1ccc2[nH]c(CC3CNC3)nc2n1. The van der Waals surface area contributed by atoms with Crippen molar-refractivity contribution in [3.05, 3.63) is 23.7 Å². The molecule has 2 aromatic rings. The van der Waals surface area contributed by atoms with Gasteiger partial charge in [-0.05, 0) is 38.1 Å². The van der Waals surface area contributed by atoms with Crippen LogP contribution in [-0.2, 0) is 6.42 Å². The fraction of sp³-hybridized carbons (Fsp3) is 0.455. The van der Waals surface area contributed by atoms with Crippen LogP contribution in [0.2, 0.25) is 0 Å². The van der Waals surface area contributed by atoms with E-state index in [2.05, 4.69) is 20.3 Å². The van der Waals surface area contributed by atoms with Gasteiger partial charge >= 0.3 is 0 Å². The molecule has 2 N–H and O–H groups in total. The summed E-state index contributed by atoms with van der Waals surface area (Å²) in [7, 11) is 0. The Kier molecular flexibility index (Phi) is 1.95. The number of hydrogen-bond acceptors (Lipinski definition) is 3. The van der Waals surface area contributed by atoms with Crippen molar-refractivity contribution in [3.63, 3.8) is 0 Å². The van der Waals surface area contributed by atoms with Gasteiger partial charge in [-0.25, -0.2) is 9.97 Å². The third-order valence-corrected chi connectivity index (χ3v) is 2.88. The number of nitrogens with one attached hydrogen (secondary N) is 2. The summed E-state index contributed by atoms with van der Waals surface area (Å²) in [5, 5.41) is 3.27. The van der Waals surface area contributed by atoms with E-state index in [1.807, 2.05) is 19.1 Å². The summed E-state index contributed by atoms with van der Waals surface area (Å²) < 4.78 is 0. The van der Waals surface area contributed by atoms with Gasteiger partial charge in [0.2, 0.25) is 0 Å². The number of imidazole rings is 1. The summed E-state index contributed by atoms with van der Waals surface area (Å²) in [6, 6.07) is 4.06. The molecule has 1 fully saturated rings. The van der Waals surface area contributed by atoms with E-state index < -0.39 is 0 Å². The average Bonchev–Trinajstić information content (AvgIpc) is 2.53. The normalized spacial score (nSPS) is 16.9. The van der Waals surface area contributed by atoms with E-state index >= 15 is 0 Å². The molecular formula is C11H14N4. The maximum Gasteiger partial charge on any atom is 0.177 e. The third-order valence-electron chi connectivity index (χ3n) is 2.88. The molecule has 1 saturated heterocycles. The molecule has 2 aromatic heterocycles. The topological polar surface area (TPSA) is 53.6 Å². The van der Waals surface area contributed by atoms with Crippen LogP contribution in [0.3, 0.4) is 0 Å². The number of fused-ring (bicyclic) bond motifs is 1. The van der Waals surface area contributed by atoms with Crippen LogP contribution < -0.4 is 5.32 Å². The van der Waals surface area contributed by atoms with E-state index in [4.69, 9.17) is 0 Å². The fourth-order valence-corrected chi connectivity index (χ4v) is 1.90. The van der Waals surface area contributed by atoms with Gasteiger partial charge in [0.15, 0.2) is 5.65 Å². The van der Waals surface area contributed by atoms with Crippen LogP contribution in [0.1, 0.15) is 11.5 Å². The summed E-state index contributed by atoms with van der Waals surface area (Å²) in [6.07, 6.45) is 1.03. The van der Waals surface area contributed by atoms with Crippen LogP contribution in [-0.4, -0.2) is 28.0 Å². The Hall–Kier alpha value is -1.42. The van der Waals surface area contributed by atoms with Gasteiger partial charge in [0.05, 0.1) is 5.52 Å². The summed E-state index contributed by atoms with van der Waals surface area (Å²) in [4.78, 5) is 12.2. The van der Waals surface area contributed by atoms with E-state index in [1.165, 1.54) is 0 Å². The van der Waals surface area contributed by atoms with Crippen LogP contribution >= 0.6 is 0 Å². The molecule has 0 unspecified atom stereocenters. The minimum Gasteiger partial charge on any atom is -0.341 e. The van der Waals surface area contributed by atoms with Crippen molar-refractivity contribution in [1.82, 2.24) is 20.3 Å². The molecule has 0 aromatic carbocycles. The first kappa shape index (κ1) is 8.85. The fourth-order valence-electron chi connectivity index (χ4n) is 1.90. The summed E-state index contributed by atoms with van der Waals surface area (Å²) in [5.41, 5.74) is 2.91. The molecule has 3 rings (SSSR count). The molecule has 15 heavy (non-hydrogen) atoms. The Morgan fingerprint density at radius 3 is 2.93 bits per heavy atom. The highest BCUT2D eigenvalue weighted by Crippen LogP contribution is 2.14. The zero-order chi connectivity index (χ0) is 10.3. The summed E-state index contributed by atoms with van der Waals surface area (Å²) in [5.74, 6) is 1.81. The first-order valence-electron chi connectivity index (χ1n) is 5.34. The van der Waals surface area contributed by atoms with Crippen LogP contribution in [0, 0.1) is 12.8 Å². The number of aromatic amines is 1. The van der Waals surface area contributed by atoms with Gasteiger partial charge in [0, 0.05) is 12.1 Å². The predicted octanol–water partition coefficient (Wildman–Crippen LogP) is 1.03. The Balaban J connectivity index is 1.91. The lowest BCUT2D eigenvalue weighted by atomic mass is 9.99.